The van der Waals surface area contributed by atoms with E-state index in [-0.39, 0.29) is 12.5 Å². The predicted octanol–water partition coefficient (Wildman–Crippen LogP) is 2.03. The third kappa shape index (κ3) is 6.00. The van der Waals surface area contributed by atoms with Gasteiger partial charge >= 0.3 is 0 Å². The molecule has 0 aliphatic rings. The molecule has 100 valence electrons. The van der Waals surface area contributed by atoms with E-state index in [0.29, 0.717) is 17.3 Å². The molecule has 1 atom stereocenters. The van der Waals surface area contributed by atoms with Crippen LogP contribution in [0, 0.1) is 0 Å². The number of carbonyl (C=O) groups is 1. The maximum Gasteiger partial charge on any atom is 0.238 e. The van der Waals surface area contributed by atoms with E-state index >= 15 is 0 Å². The molecule has 4 nitrogen and oxygen atoms in total. The van der Waals surface area contributed by atoms with Crippen molar-refractivity contribution in [2.75, 3.05) is 18.4 Å². The van der Waals surface area contributed by atoms with Crippen molar-refractivity contribution in [2.45, 2.75) is 25.9 Å². The number of nitrogens with one attached hydrogen (secondary N) is 2. The molecule has 1 unspecified atom stereocenters. The van der Waals surface area contributed by atoms with E-state index in [2.05, 4.69) is 10.6 Å². The second kappa shape index (κ2) is 8.08. The summed E-state index contributed by atoms with van der Waals surface area (Å²) in [6, 6.07) is 6.98. The maximum absolute atomic E-state index is 11.6. The summed E-state index contributed by atoms with van der Waals surface area (Å²) in [5.41, 5.74) is 0.670. The maximum atomic E-state index is 11.6. The first-order valence-corrected chi connectivity index (χ1v) is 6.43. The van der Waals surface area contributed by atoms with Crippen molar-refractivity contribution < 1.29 is 9.90 Å². The number of benzene rings is 1. The number of anilines is 1. The second-order valence-corrected chi connectivity index (χ2v) is 4.57. The van der Waals surface area contributed by atoms with Crippen molar-refractivity contribution in [1.29, 1.82) is 0 Å². The monoisotopic (exact) mass is 270 g/mol. The lowest BCUT2D eigenvalue weighted by atomic mass is 10.2. The van der Waals surface area contributed by atoms with Crippen molar-refractivity contribution in [3.63, 3.8) is 0 Å². The molecule has 0 fully saturated rings. The summed E-state index contributed by atoms with van der Waals surface area (Å²) in [6.45, 7) is 2.61. The summed E-state index contributed by atoms with van der Waals surface area (Å²) in [5, 5.41) is 15.7. The minimum absolute atomic E-state index is 0.152. The van der Waals surface area contributed by atoms with Crippen LogP contribution in [0.4, 0.5) is 5.69 Å². The van der Waals surface area contributed by atoms with Crippen molar-refractivity contribution >= 4 is 23.2 Å². The minimum Gasteiger partial charge on any atom is -0.392 e. The average Bonchev–Trinajstić information content (AvgIpc) is 2.29. The van der Waals surface area contributed by atoms with Gasteiger partial charge in [-0.2, -0.15) is 0 Å². The molecule has 0 aliphatic carbocycles. The number of rotatable bonds is 7. The molecule has 0 aliphatic heterocycles. The predicted molar refractivity (Wildman–Crippen MR) is 73.9 cm³/mol. The third-order valence-electron chi connectivity index (χ3n) is 2.40. The number of hydrogen-bond donors (Lipinski definition) is 3. The Labute approximate surface area is 112 Å². The Morgan fingerprint density at radius 2 is 2.28 bits per heavy atom. The Morgan fingerprint density at radius 1 is 1.50 bits per heavy atom. The lowest BCUT2D eigenvalue weighted by molar-refractivity contribution is -0.115. The molecule has 1 aromatic rings. The summed E-state index contributed by atoms with van der Waals surface area (Å²) in [6.07, 6.45) is 1.27. The number of aliphatic hydroxyl groups is 1. The van der Waals surface area contributed by atoms with Crippen LogP contribution in [-0.2, 0) is 4.79 Å². The van der Waals surface area contributed by atoms with E-state index in [9.17, 15) is 9.90 Å². The molecule has 0 bridgehead atoms. The van der Waals surface area contributed by atoms with Crippen LogP contribution in [0.25, 0.3) is 0 Å². The highest BCUT2D eigenvalue weighted by Gasteiger charge is 2.05. The molecule has 0 heterocycles. The van der Waals surface area contributed by atoms with E-state index in [1.807, 2.05) is 6.92 Å². The fourth-order valence-electron chi connectivity index (χ4n) is 1.56. The van der Waals surface area contributed by atoms with Gasteiger partial charge in [-0.25, -0.2) is 0 Å². The quantitative estimate of drug-likeness (QED) is 0.710. The van der Waals surface area contributed by atoms with E-state index < -0.39 is 6.10 Å². The Bertz CT molecular complexity index is 385. The lowest BCUT2D eigenvalue weighted by Gasteiger charge is -2.10. The molecule has 18 heavy (non-hydrogen) atoms. The zero-order valence-electron chi connectivity index (χ0n) is 10.4. The number of amides is 1. The van der Waals surface area contributed by atoms with Gasteiger partial charge in [-0.1, -0.05) is 31.0 Å². The fraction of sp³-hybridized carbons (Fsp3) is 0.462. The molecule has 0 saturated heterocycles. The van der Waals surface area contributed by atoms with Crippen LogP contribution >= 0.6 is 11.6 Å². The van der Waals surface area contributed by atoms with Crippen LogP contribution in [0.15, 0.2) is 24.3 Å². The standard InChI is InChI=1S/C13H19ClN2O2/c1-2-4-12(17)8-15-9-13(18)16-11-6-3-5-10(14)7-11/h3,5-7,12,15,17H,2,4,8-9H2,1H3,(H,16,18). The van der Waals surface area contributed by atoms with E-state index in [0.717, 1.165) is 12.8 Å². The SMILES string of the molecule is CCCC(O)CNCC(=O)Nc1cccc(Cl)c1. The molecule has 3 N–H and O–H groups in total. The van der Waals surface area contributed by atoms with Gasteiger partial charge in [0.2, 0.25) is 5.91 Å². The number of aliphatic hydroxyl groups excluding tert-OH is 1. The minimum atomic E-state index is -0.394. The highest BCUT2D eigenvalue weighted by Crippen LogP contribution is 2.14. The molecule has 0 radical (unpaired) electrons. The van der Waals surface area contributed by atoms with Gasteiger partial charge in [-0.3, -0.25) is 4.79 Å². The molecular formula is C13H19ClN2O2. The number of halogens is 1. The third-order valence-corrected chi connectivity index (χ3v) is 2.63. The summed E-state index contributed by atoms with van der Waals surface area (Å²) in [7, 11) is 0. The van der Waals surface area contributed by atoms with Gasteiger partial charge < -0.3 is 15.7 Å². The topological polar surface area (TPSA) is 61.4 Å². The van der Waals surface area contributed by atoms with Crippen LogP contribution in [0.3, 0.4) is 0 Å². The van der Waals surface area contributed by atoms with Crippen LogP contribution in [0.2, 0.25) is 5.02 Å². The molecule has 1 rings (SSSR count). The molecule has 0 aromatic heterocycles. The van der Waals surface area contributed by atoms with Gasteiger partial charge in [0.1, 0.15) is 0 Å². The highest BCUT2D eigenvalue weighted by atomic mass is 35.5. The molecule has 5 heteroatoms. The van der Waals surface area contributed by atoms with Crippen molar-refractivity contribution in [1.82, 2.24) is 5.32 Å². The zero-order chi connectivity index (χ0) is 13.4. The fourth-order valence-corrected chi connectivity index (χ4v) is 1.75. The molecule has 0 saturated carbocycles. The highest BCUT2D eigenvalue weighted by molar-refractivity contribution is 6.30. The first-order chi connectivity index (χ1) is 8.61. The van der Waals surface area contributed by atoms with Crippen molar-refractivity contribution in [3.05, 3.63) is 29.3 Å². The van der Waals surface area contributed by atoms with Crippen molar-refractivity contribution in [3.8, 4) is 0 Å². The zero-order valence-corrected chi connectivity index (χ0v) is 11.2. The van der Waals surface area contributed by atoms with E-state index in [1.165, 1.54) is 0 Å². The van der Waals surface area contributed by atoms with Gasteiger partial charge in [0.25, 0.3) is 0 Å². The Kier molecular flexibility index (Phi) is 6.72. The molecular weight excluding hydrogens is 252 g/mol. The summed E-state index contributed by atoms with van der Waals surface area (Å²) in [5.74, 6) is -0.152. The number of hydrogen-bond acceptors (Lipinski definition) is 3. The van der Waals surface area contributed by atoms with Crippen molar-refractivity contribution in [2.24, 2.45) is 0 Å². The van der Waals surface area contributed by atoms with Crippen LogP contribution in [0.5, 0.6) is 0 Å². The first-order valence-electron chi connectivity index (χ1n) is 6.06. The Balaban J connectivity index is 2.25. The van der Waals surface area contributed by atoms with Gasteiger partial charge in [0, 0.05) is 17.3 Å². The average molecular weight is 271 g/mol. The second-order valence-electron chi connectivity index (χ2n) is 4.13. The lowest BCUT2D eigenvalue weighted by Crippen LogP contribution is -2.33. The Hall–Kier alpha value is -1.10. The molecule has 1 amide bonds. The largest absolute Gasteiger partial charge is 0.392 e. The summed E-state index contributed by atoms with van der Waals surface area (Å²) >= 11 is 5.81. The van der Waals surface area contributed by atoms with Gasteiger partial charge in [-0.15, -0.1) is 0 Å². The normalized spacial score (nSPS) is 12.2. The smallest absolute Gasteiger partial charge is 0.238 e. The molecule has 0 spiro atoms. The van der Waals surface area contributed by atoms with Crippen LogP contribution in [0.1, 0.15) is 19.8 Å². The van der Waals surface area contributed by atoms with Gasteiger partial charge in [0.15, 0.2) is 0 Å². The summed E-state index contributed by atoms with van der Waals surface area (Å²) in [4.78, 5) is 11.6. The van der Waals surface area contributed by atoms with E-state index in [1.54, 1.807) is 24.3 Å². The van der Waals surface area contributed by atoms with Crippen LogP contribution < -0.4 is 10.6 Å². The first kappa shape index (κ1) is 15.0. The van der Waals surface area contributed by atoms with Gasteiger partial charge in [-0.05, 0) is 24.6 Å². The number of carbonyl (C=O) groups excluding carboxylic acids is 1. The Morgan fingerprint density at radius 3 is 2.94 bits per heavy atom. The van der Waals surface area contributed by atoms with E-state index in [4.69, 9.17) is 11.6 Å². The molecule has 1 aromatic carbocycles. The van der Waals surface area contributed by atoms with Crippen LogP contribution in [-0.4, -0.2) is 30.2 Å². The van der Waals surface area contributed by atoms with Gasteiger partial charge in [0.05, 0.1) is 12.6 Å². The summed E-state index contributed by atoms with van der Waals surface area (Å²) < 4.78 is 0.